The summed E-state index contributed by atoms with van der Waals surface area (Å²) >= 11 is 0. The predicted octanol–water partition coefficient (Wildman–Crippen LogP) is 0.313. The largest absolute Gasteiger partial charge is 0.341 e. The van der Waals surface area contributed by atoms with Crippen molar-refractivity contribution in [1.29, 1.82) is 0 Å². The molecule has 62 valence electrons. The highest BCUT2D eigenvalue weighted by atomic mass is 28.4. The normalized spacial score (nSPS) is 15.3. The minimum absolute atomic E-state index is 0.525. The zero-order valence-electron chi connectivity index (χ0n) is 8.05. The number of hydrogen-bond donors (Lipinski definition) is 0. The van der Waals surface area contributed by atoms with Gasteiger partial charge in [0.05, 0.1) is 8.96 Å². The molecule has 0 aromatic heterocycles. The van der Waals surface area contributed by atoms with Crippen LogP contribution in [0.3, 0.4) is 0 Å². The average molecular weight is 176 g/mol. The first kappa shape index (κ1) is 10.4. The molecule has 0 aromatic rings. The lowest BCUT2D eigenvalue weighted by Crippen LogP contribution is -2.50. The minimum Gasteiger partial charge on any atom is -0.341 e. The lowest BCUT2D eigenvalue weighted by molar-refractivity contribution is 0.579. The molecule has 0 aliphatic carbocycles. The zero-order valence-corrected chi connectivity index (χ0v) is 10.4. The van der Waals surface area contributed by atoms with Crippen molar-refractivity contribution in [1.82, 2.24) is 8.80 Å². The highest BCUT2D eigenvalue weighted by Crippen LogP contribution is 1.96. The highest BCUT2D eigenvalue weighted by Gasteiger charge is 2.15. The Balaban J connectivity index is 3.81. The van der Waals surface area contributed by atoms with E-state index in [4.69, 9.17) is 0 Å². The Morgan fingerprint density at radius 1 is 0.900 bits per heavy atom. The van der Waals surface area contributed by atoms with Crippen molar-refractivity contribution in [2.24, 2.45) is 0 Å². The molecule has 0 fully saturated rings. The van der Waals surface area contributed by atoms with Gasteiger partial charge in [0.15, 0.2) is 9.12 Å². The number of nitrogens with zero attached hydrogens (tertiary/aromatic N) is 2. The summed E-state index contributed by atoms with van der Waals surface area (Å²) in [7, 11) is 5.42. The van der Waals surface area contributed by atoms with Gasteiger partial charge in [-0.3, -0.25) is 0 Å². The van der Waals surface area contributed by atoms with E-state index in [9.17, 15) is 0 Å². The Hall–Kier alpha value is 0.354. The molecule has 0 rings (SSSR count). The van der Waals surface area contributed by atoms with E-state index in [1.54, 1.807) is 0 Å². The van der Waals surface area contributed by atoms with Gasteiger partial charge < -0.3 is 8.80 Å². The van der Waals surface area contributed by atoms with Gasteiger partial charge in [0.1, 0.15) is 0 Å². The molecule has 1 unspecified atom stereocenters. The van der Waals surface area contributed by atoms with E-state index in [2.05, 4.69) is 49.6 Å². The topological polar surface area (TPSA) is 6.48 Å². The van der Waals surface area contributed by atoms with Gasteiger partial charge in [-0.15, -0.1) is 0 Å². The Morgan fingerprint density at radius 3 is 1.40 bits per heavy atom. The summed E-state index contributed by atoms with van der Waals surface area (Å²) in [5.74, 6) is 0. The van der Waals surface area contributed by atoms with E-state index in [1.165, 1.54) is 0 Å². The Kier molecular flexibility index (Phi) is 4.43. The molecule has 0 spiro atoms. The van der Waals surface area contributed by atoms with E-state index in [-0.39, 0.29) is 0 Å². The molecule has 4 heteroatoms. The smallest absolute Gasteiger partial charge is 0.179 e. The standard InChI is InChI=1S/C6H20N2Si2/c1-7(2)10(6)8(3)9(4)5/h9-10H,1-6H3. The highest BCUT2D eigenvalue weighted by molar-refractivity contribution is 6.68. The maximum absolute atomic E-state index is 2.61. The van der Waals surface area contributed by atoms with Gasteiger partial charge in [-0.25, -0.2) is 0 Å². The van der Waals surface area contributed by atoms with Crippen molar-refractivity contribution in [3.05, 3.63) is 0 Å². The second-order valence-electron chi connectivity index (χ2n) is 3.35. The van der Waals surface area contributed by atoms with E-state index in [1.807, 2.05) is 0 Å². The molecule has 10 heavy (non-hydrogen) atoms. The van der Waals surface area contributed by atoms with Gasteiger partial charge in [0.25, 0.3) is 0 Å². The molecule has 0 N–H and O–H groups in total. The van der Waals surface area contributed by atoms with Crippen LogP contribution in [0.4, 0.5) is 0 Å². The van der Waals surface area contributed by atoms with Crippen LogP contribution in [0.2, 0.25) is 19.6 Å². The summed E-state index contributed by atoms with van der Waals surface area (Å²) in [5.41, 5.74) is 0. The van der Waals surface area contributed by atoms with Crippen LogP contribution in [-0.2, 0) is 0 Å². The second kappa shape index (κ2) is 4.28. The molecule has 0 amide bonds. The molecule has 0 saturated heterocycles. The predicted molar refractivity (Wildman–Crippen MR) is 53.3 cm³/mol. The third-order valence-corrected chi connectivity index (χ3v) is 9.54. The van der Waals surface area contributed by atoms with Gasteiger partial charge in [-0.05, 0) is 27.7 Å². The van der Waals surface area contributed by atoms with Crippen LogP contribution in [0.5, 0.6) is 0 Å². The first-order valence-electron chi connectivity index (χ1n) is 3.85. The third kappa shape index (κ3) is 2.96. The second-order valence-corrected chi connectivity index (χ2v) is 10.1. The summed E-state index contributed by atoms with van der Waals surface area (Å²) in [6.45, 7) is 7.15. The summed E-state index contributed by atoms with van der Waals surface area (Å²) in [6, 6.07) is 0. The fraction of sp³-hybridized carbons (Fsp3) is 1.00. The fourth-order valence-electron chi connectivity index (χ4n) is 0.796. The molecule has 0 bridgehead atoms. The zero-order chi connectivity index (χ0) is 8.31. The van der Waals surface area contributed by atoms with Crippen LogP contribution in [0.25, 0.3) is 0 Å². The quantitative estimate of drug-likeness (QED) is 0.571. The van der Waals surface area contributed by atoms with Crippen LogP contribution in [-0.4, -0.2) is 48.0 Å². The lowest BCUT2D eigenvalue weighted by atomic mass is 11.3. The lowest BCUT2D eigenvalue weighted by Gasteiger charge is -2.31. The van der Waals surface area contributed by atoms with Crippen LogP contribution in [0.15, 0.2) is 0 Å². The van der Waals surface area contributed by atoms with E-state index in [0.717, 1.165) is 0 Å². The minimum atomic E-state index is -0.699. The summed E-state index contributed by atoms with van der Waals surface area (Å²) in [5, 5.41) is 0. The summed E-state index contributed by atoms with van der Waals surface area (Å²) in [6.07, 6.45) is 0. The van der Waals surface area contributed by atoms with Crippen molar-refractivity contribution in [2.45, 2.75) is 19.6 Å². The fourth-order valence-corrected chi connectivity index (χ4v) is 5.78. The van der Waals surface area contributed by atoms with Crippen LogP contribution in [0, 0.1) is 0 Å². The van der Waals surface area contributed by atoms with Crippen molar-refractivity contribution in [3.8, 4) is 0 Å². The average Bonchev–Trinajstić information content (AvgIpc) is 1.84. The molecule has 0 aliphatic rings. The van der Waals surface area contributed by atoms with Gasteiger partial charge in [-0.1, -0.05) is 13.1 Å². The van der Waals surface area contributed by atoms with Crippen molar-refractivity contribution in [2.75, 3.05) is 21.1 Å². The van der Waals surface area contributed by atoms with Gasteiger partial charge in [0.2, 0.25) is 0 Å². The molecule has 1 atom stereocenters. The monoisotopic (exact) mass is 176 g/mol. The van der Waals surface area contributed by atoms with Crippen molar-refractivity contribution < 1.29 is 0 Å². The van der Waals surface area contributed by atoms with Crippen LogP contribution in [0.1, 0.15) is 0 Å². The summed E-state index contributed by atoms with van der Waals surface area (Å²) in [4.78, 5) is 0. The SMILES string of the molecule is CN(C)[SiH](C)N(C)[SiH](C)C. The van der Waals surface area contributed by atoms with Gasteiger partial charge >= 0.3 is 0 Å². The Labute approximate surface area is 68.3 Å². The molecule has 0 heterocycles. The molecular formula is C6H20N2Si2. The molecular weight excluding hydrogens is 156 g/mol. The molecule has 2 nitrogen and oxygen atoms in total. The molecule has 0 aromatic carbocycles. The van der Waals surface area contributed by atoms with E-state index in [0.29, 0.717) is 0 Å². The number of rotatable bonds is 3. The Morgan fingerprint density at radius 2 is 1.30 bits per heavy atom. The molecule has 0 radical (unpaired) electrons. The van der Waals surface area contributed by atoms with E-state index >= 15 is 0 Å². The van der Waals surface area contributed by atoms with Gasteiger partial charge in [-0.2, -0.15) is 0 Å². The molecule has 0 aliphatic heterocycles. The maximum atomic E-state index is 2.61. The number of hydrogen-bond acceptors (Lipinski definition) is 2. The first-order chi connectivity index (χ1) is 4.46. The van der Waals surface area contributed by atoms with Crippen LogP contribution < -0.4 is 0 Å². The van der Waals surface area contributed by atoms with Gasteiger partial charge in [0, 0.05) is 0 Å². The van der Waals surface area contributed by atoms with Crippen molar-refractivity contribution in [3.63, 3.8) is 0 Å². The molecule has 0 saturated carbocycles. The van der Waals surface area contributed by atoms with Crippen LogP contribution >= 0.6 is 0 Å². The summed E-state index contributed by atoms with van der Waals surface area (Å²) < 4.78 is 4.99. The van der Waals surface area contributed by atoms with E-state index < -0.39 is 18.1 Å². The maximum Gasteiger partial charge on any atom is 0.179 e. The first-order valence-corrected chi connectivity index (χ1v) is 8.86. The Bertz CT molecular complexity index is 83.7. The third-order valence-electron chi connectivity index (χ3n) is 2.15. The van der Waals surface area contributed by atoms with Crippen molar-refractivity contribution >= 4 is 18.1 Å².